The van der Waals surface area contributed by atoms with E-state index in [9.17, 15) is 26.4 Å². The molecule has 0 bridgehead atoms. The Kier molecular flexibility index (Phi) is 3.58. The van der Waals surface area contributed by atoms with Crippen LogP contribution in [-0.4, -0.2) is 25.2 Å². The molecule has 0 amide bonds. The van der Waals surface area contributed by atoms with E-state index in [1.807, 2.05) is 0 Å². The maximum Gasteiger partial charge on any atom is 0.189 e. The molecule has 7 heteroatoms. The summed E-state index contributed by atoms with van der Waals surface area (Å²) in [6.07, 6.45) is 0.782. The SMILES string of the molecule is CC(C)(C(=O)c1c(F)cc(F)cc1F)S(C)(=O)=O. The summed E-state index contributed by atoms with van der Waals surface area (Å²) in [5, 5.41) is 0. The van der Waals surface area contributed by atoms with Crippen LogP contribution in [0.2, 0.25) is 0 Å². The highest BCUT2D eigenvalue weighted by molar-refractivity contribution is 7.92. The lowest BCUT2D eigenvalue weighted by Gasteiger charge is -2.21. The minimum absolute atomic E-state index is 0.328. The molecule has 1 aromatic carbocycles. The molecular weight excluding hydrogens is 269 g/mol. The molecule has 18 heavy (non-hydrogen) atoms. The van der Waals surface area contributed by atoms with Gasteiger partial charge in [-0.15, -0.1) is 0 Å². The van der Waals surface area contributed by atoms with Gasteiger partial charge in [0.05, 0.1) is 5.56 Å². The van der Waals surface area contributed by atoms with Gasteiger partial charge in [-0.1, -0.05) is 0 Å². The molecule has 0 unspecified atom stereocenters. The first-order valence-electron chi connectivity index (χ1n) is 4.87. The van der Waals surface area contributed by atoms with Crippen molar-refractivity contribution in [1.29, 1.82) is 0 Å². The number of sulfone groups is 1. The predicted octanol–water partition coefficient (Wildman–Crippen LogP) is 2.11. The summed E-state index contributed by atoms with van der Waals surface area (Å²) in [7, 11) is -3.87. The van der Waals surface area contributed by atoms with Crippen molar-refractivity contribution in [3.8, 4) is 0 Å². The zero-order valence-corrected chi connectivity index (χ0v) is 10.7. The normalized spacial score (nSPS) is 12.6. The van der Waals surface area contributed by atoms with E-state index in [1.165, 1.54) is 0 Å². The van der Waals surface area contributed by atoms with Gasteiger partial charge >= 0.3 is 0 Å². The second-order valence-electron chi connectivity index (χ2n) is 4.36. The molecule has 0 fully saturated rings. The maximum atomic E-state index is 13.4. The van der Waals surface area contributed by atoms with Crippen LogP contribution in [0.5, 0.6) is 0 Å². The van der Waals surface area contributed by atoms with Crippen molar-refractivity contribution >= 4 is 15.6 Å². The number of carbonyl (C=O) groups is 1. The lowest BCUT2D eigenvalue weighted by atomic mass is 9.99. The third kappa shape index (κ3) is 2.40. The van der Waals surface area contributed by atoms with Gasteiger partial charge in [0.25, 0.3) is 0 Å². The number of benzene rings is 1. The number of carbonyl (C=O) groups excluding carboxylic acids is 1. The minimum atomic E-state index is -3.87. The van der Waals surface area contributed by atoms with Crippen LogP contribution in [0.3, 0.4) is 0 Å². The van der Waals surface area contributed by atoms with Gasteiger partial charge in [0.2, 0.25) is 0 Å². The van der Waals surface area contributed by atoms with Crippen LogP contribution >= 0.6 is 0 Å². The van der Waals surface area contributed by atoms with Crippen LogP contribution < -0.4 is 0 Å². The second kappa shape index (κ2) is 4.38. The number of halogens is 3. The quantitative estimate of drug-likeness (QED) is 0.797. The van der Waals surface area contributed by atoms with Crippen molar-refractivity contribution in [2.75, 3.05) is 6.26 Å². The van der Waals surface area contributed by atoms with Gasteiger partial charge in [0, 0.05) is 18.4 Å². The van der Waals surface area contributed by atoms with Crippen molar-refractivity contribution in [1.82, 2.24) is 0 Å². The smallest absolute Gasteiger partial charge is 0.189 e. The molecule has 3 nitrogen and oxygen atoms in total. The molecule has 0 aliphatic carbocycles. The lowest BCUT2D eigenvalue weighted by Crippen LogP contribution is -2.40. The first-order chi connectivity index (χ1) is 7.98. The zero-order chi connectivity index (χ0) is 14.3. The Morgan fingerprint density at radius 1 is 1.11 bits per heavy atom. The van der Waals surface area contributed by atoms with Gasteiger partial charge in [-0.3, -0.25) is 4.79 Å². The summed E-state index contributed by atoms with van der Waals surface area (Å²) in [6, 6.07) is 0.656. The summed E-state index contributed by atoms with van der Waals surface area (Å²) in [5.41, 5.74) is -1.05. The van der Waals surface area contributed by atoms with Crippen LogP contribution in [-0.2, 0) is 9.84 Å². The van der Waals surface area contributed by atoms with Crippen LogP contribution in [0.1, 0.15) is 24.2 Å². The molecule has 1 rings (SSSR count). The van der Waals surface area contributed by atoms with E-state index in [0.717, 1.165) is 20.1 Å². The maximum absolute atomic E-state index is 13.4. The van der Waals surface area contributed by atoms with Gasteiger partial charge in [0.15, 0.2) is 15.6 Å². The molecule has 100 valence electrons. The highest BCUT2D eigenvalue weighted by Gasteiger charge is 2.41. The van der Waals surface area contributed by atoms with Crippen molar-refractivity contribution in [2.45, 2.75) is 18.6 Å². The predicted molar refractivity (Wildman–Crippen MR) is 59.6 cm³/mol. The second-order valence-corrected chi connectivity index (χ2v) is 6.92. The van der Waals surface area contributed by atoms with E-state index in [2.05, 4.69) is 0 Å². The molecule has 0 aromatic heterocycles. The largest absolute Gasteiger partial charge is 0.292 e. The summed E-state index contributed by atoms with van der Waals surface area (Å²) in [4.78, 5) is 11.9. The van der Waals surface area contributed by atoms with Gasteiger partial charge in [-0.25, -0.2) is 21.6 Å². The fraction of sp³-hybridized carbons (Fsp3) is 0.364. The summed E-state index contributed by atoms with van der Waals surface area (Å²) in [5.74, 6) is -5.28. The first-order valence-corrected chi connectivity index (χ1v) is 6.76. The van der Waals surface area contributed by atoms with Crippen molar-refractivity contribution in [2.24, 2.45) is 0 Å². The van der Waals surface area contributed by atoms with Crippen LogP contribution in [0, 0.1) is 17.5 Å². The molecule has 0 aliphatic heterocycles. The number of rotatable bonds is 3. The van der Waals surface area contributed by atoms with Crippen LogP contribution in [0.15, 0.2) is 12.1 Å². The van der Waals surface area contributed by atoms with Gasteiger partial charge in [-0.2, -0.15) is 0 Å². The summed E-state index contributed by atoms with van der Waals surface area (Å²) < 4.78 is 60.3. The number of hydrogen-bond donors (Lipinski definition) is 0. The molecule has 0 atom stereocenters. The Morgan fingerprint density at radius 3 is 1.83 bits per heavy atom. The van der Waals surface area contributed by atoms with Gasteiger partial charge in [-0.05, 0) is 13.8 Å². The standard InChI is InChI=1S/C11H11F3O3S/c1-11(2,18(3,16)17)10(15)9-7(13)4-6(12)5-8(9)14/h4-5H,1-3H3. The average molecular weight is 280 g/mol. The minimum Gasteiger partial charge on any atom is -0.292 e. The summed E-state index contributed by atoms with van der Waals surface area (Å²) >= 11 is 0. The van der Waals surface area contributed by atoms with Gasteiger partial charge < -0.3 is 0 Å². The fourth-order valence-corrected chi connectivity index (χ4v) is 1.67. The molecule has 0 N–H and O–H groups in total. The highest BCUT2D eigenvalue weighted by Crippen LogP contribution is 2.25. The van der Waals surface area contributed by atoms with E-state index < -0.39 is 43.4 Å². The highest BCUT2D eigenvalue weighted by atomic mass is 32.2. The Balaban J connectivity index is 3.47. The van der Waals surface area contributed by atoms with Crippen molar-refractivity contribution in [3.63, 3.8) is 0 Å². The van der Waals surface area contributed by atoms with Crippen LogP contribution in [0.25, 0.3) is 0 Å². The Labute approximate surface area is 103 Å². The number of Topliss-reactive ketones (excluding diaryl/α,β-unsaturated/α-hetero) is 1. The first kappa shape index (κ1) is 14.7. The van der Waals surface area contributed by atoms with E-state index >= 15 is 0 Å². The van der Waals surface area contributed by atoms with E-state index in [0.29, 0.717) is 12.1 Å². The Morgan fingerprint density at radius 2 is 1.50 bits per heavy atom. The molecular formula is C11H11F3O3S. The lowest BCUT2D eigenvalue weighted by molar-refractivity contribution is 0.0945. The molecule has 0 radical (unpaired) electrons. The molecule has 0 spiro atoms. The van der Waals surface area contributed by atoms with E-state index in [1.54, 1.807) is 0 Å². The van der Waals surface area contributed by atoms with Crippen molar-refractivity contribution in [3.05, 3.63) is 35.1 Å². The number of hydrogen-bond acceptors (Lipinski definition) is 3. The van der Waals surface area contributed by atoms with Gasteiger partial charge in [0.1, 0.15) is 22.2 Å². The topological polar surface area (TPSA) is 51.2 Å². The molecule has 1 aromatic rings. The third-order valence-electron chi connectivity index (χ3n) is 2.71. The third-order valence-corrected chi connectivity index (χ3v) is 4.75. The fourth-order valence-electron chi connectivity index (χ4n) is 1.23. The molecule has 0 aliphatic rings. The molecule has 0 saturated heterocycles. The van der Waals surface area contributed by atoms with Crippen LogP contribution in [0.4, 0.5) is 13.2 Å². The van der Waals surface area contributed by atoms with E-state index in [-0.39, 0.29) is 0 Å². The zero-order valence-electron chi connectivity index (χ0n) is 9.92. The molecule has 0 saturated carbocycles. The average Bonchev–Trinajstić information content (AvgIpc) is 2.13. The Bertz CT molecular complexity index is 583. The molecule has 0 heterocycles. The Hall–Kier alpha value is -1.37. The summed E-state index contributed by atoms with van der Waals surface area (Å²) in [6.45, 7) is 2.07. The van der Waals surface area contributed by atoms with Crippen molar-refractivity contribution < 1.29 is 26.4 Å². The number of ketones is 1. The van der Waals surface area contributed by atoms with E-state index in [4.69, 9.17) is 0 Å². The monoisotopic (exact) mass is 280 g/mol.